The fraction of sp³-hybridized carbons (Fsp3) is 0.250. The summed E-state index contributed by atoms with van der Waals surface area (Å²) in [4.78, 5) is 24.4. The fourth-order valence-corrected chi connectivity index (χ4v) is 3.76. The van der Waals surface area contributed by atoms with Gasteiger partial charge in [-0.25, -0.2) is 4.79 Å². The molecule has 1 aromatic carbocycles. The number of amides is 1. The summed E-state index contributed by atoms with van der Waals surface area (Å²) in [6.07, 6.45) is -0.101. The van der Waals surface area contributed by atoms with E-state index < -0.39 is 12.1 Å². The molecule has 0 aliphatic heterocycles. The van der Waals surface area contributed by atoms with Crippen molar-refractivity contribution in [2.24, 2.45) is 0 Å². The largest absolute Gasteiger partial charge is 0.448 e. The van der Waals surface area contributed by atoms with Crippen LogP contribution < -0.4 is 5.32 Å². The van der Waals surface area contributed by atoms with E-state index in [1.54, 1.807) is 13.0 Å². The lowest BCUT2D eigenvalue weighted by molar-refractivity contribution is -0.129. The minimum absolute atomic E-state index is 0.302. The van der Waals surface area contributed by atoms with Gasteiger partial charge in [0, 0.05) is 11.0 Å². The van der Waals surface area contributed by atoms with Crippen LogP contribution in [0.4, 0.5) is 0 Å². The lowest BCUT2D eigenvalue weighted by atomic mass is 10.1. The van der Waals surface area contributed by atoms with Gasteiger partial charge in [0.1, 0.15) is 4.88 Å². The topological polar surface area (TPSA) is 55.4 Å². The van der Waals surface area contributed by atoms with Gasteiger partial charge in [0.15, 0.2) is 6.10 Å². The summed E-state index contributed by atoms with van der Waals surface area (Å²) in [6.45, 7) is 2.06. The van der Waals surface area contributed by atoms with E-state index in [-0.39, 0.29) is 5.91 Å². The van der Waals surface area contributed by atoms with Crippen molar-refractivity contribution in [2.45, 2.75) is 19.4 Å². The van der Waals surface area contributed by atoms with Gasteiger partial charge in [0.25, 0.3) is 5.91 Å². The van der Waals surface area contributed by atoms with E-state index in [0.29, 0.717) is 11.4 Å². The number of nitrogens with one attached hydrogen (secondary N) is 1. The molecule has 2 rings (SSSR count). The summed E-state index contributed by atoms with van der Waals surface area (Å²) >= 11 is 7.89. The number of ether oxygens (including phenoxy) is 1. The molecule has 7 heteroatoms. The number of esters is 1. The van der Waals surface area contributed by atoms with Gasteiger partial charge in [-0.15, -0.1) is 11.3 Å². The maximum Gasteiger partial charge on any atom is 0.349 e. The first-order valence-corrected chi connectivity index (χ1v) is 9.35. The van der Waals surface area contributed by atoms with Crippen molar-refractivity contribution in [3.63, 3.8) is 0 Å². The Labute approximate surface area is 155 Å². The summed E-state index contributed by atoms with van der Waals surface area (Å²) in [5.41, 5.74) is 1.14. The molecule has 0 bridgehead atoms. The Morgan fingerprint density at radius 3 is 2.57 bits per heavy atom. The highest BCUT2D eigenvalue weighted by Gasteiger charge is 2.20. The highest BCUT2D eigenvalue weighted by Crippen LogP contribution is 2.32. The lowest BCUT2D eigenvalue weighted by Gasteiger charge is -2.13. The molecule has 0 saturated carbocycles. The molecule has 23 heavy (non-hydrogen) atoms. The maximum absolute atomic E-state index is 12.0. The summed E-state index contributed by atoms with van der Waals surface area (Å²) in [5, 5.41) is 2.77. The number of hydrogen-bond acceptors (Lipinski definition) is 4. The zero-order valence-corrected chi connectivity index (χ0v) is 16.3. The molecule has 0 spiro atoms. The normalized spacial score (nSPS) is 11.8. The van der Waals surface area contributed by atoms with Crippen LogP contribution in [0.2, 0.25) is 0 Å². The van der Waals surface area contributed by atoms with Crippen molar-refractivity contribution in [1.82, 2.24) is 5.32 Å². The third-order valence-electron chi connectivity index (χ3n) is 3.06. The van der Waals surface area contributed by atoms with Crippen molar-refractivity contribution in [1.29, 1.82) is 0 Å². The molecule has 1 atom stereocenters. The Kier molecular flexibility index (Phi) is 6.80. The van der Waals surface area contributed by atoms with Crippen molar-refractivity contribution >= 4 is 55.1 Å². The van der Waals surface area contributed by atoms with Crippen LogP contribution in [0.25, 0.3) is 0 Å². The molecule has 1 unspecified atom stereocenters. The third-order valence-corrected chi connectivity index (χ3v) is 6.29. The highest BCUT2D eigenvalue weighted by atomic mass is 79.9. The molecule has 1 N–H and O–H groups in total. The first-order chi connectivity index (χ1) is 11.0. The van der Waals surface area contributed by atoms with E-state index in [2.05, 4.69) is 37.2 Å². The van der Waals surface area contributed by atoms with Crippen LogP contribution in [0.1, 0.15) is 22.2 Å². The van der Waals surface area contributed by atoms with Gasteiger partial charge in [-0.2, -0.15) is 0 Å². The predicted octanol–water partition coefficient (Wildman–Crippen LogP) is 4.18. The van der Waals surface area contributed by atoms with E-state index >= 15 is 0 Å². The number of thiophene rings is 1. The second-order valence-corrected chi connectivity index (χ2v) is 8.03. The van der Waals surface area contributed by atoms with E-state index in [4.69, 9.17) is 4.74 Å². The van der Waals surface area contributed by atoms with E-state index in [1.165, 1.54) is 11.3 Å². The monoisotopic (exact) mass is 459 g/mol. The number of carbonyl (C=O) groups is 2. The Hall–Kier alpha value is -1.18. The Morgan fingerprint density at radius 2 is 1.96 bits per heavy atom. The van der Waals surface area contributed by atoms with Crippen molar-refractivity contribution in [3.8, 4) is 0 Å². The number of halogens is 2. The fourth-order valence-electron chi connectivity index (χ4n) is 1.84. The van der Waals surface area contributed by atoms with E-state index in [1.807, 2.05) is 30.3 Å². The molecule has 0 saturated heterocycles. The summed E-state index contributed by atoms with van der Waals surface area (Å²) in [7, 11) is 0. The molecular weight excluding hydrogens is 446 g/mol. The minimum Gasteiger partial charge on any atom is -0.448 e. The van der Waals surface area contributed by atoms with Gasteiger partial charge in [-0.3, -0.25) is 4.79 Å². The van der Waals surface area contributed by atoms with Gasteiger partial charge in [-0.1, -0.05) is 30.3 Å². The van der Waals surface area contributed by atoms with Crippen molar-refractivity contribution < 1.29 is 14.3 Å². The predicted molar refractivity (Wildman–Crippen MR) is 97.8 cm³/mol. The molecular formula is C16H15Br2NO3S. The molecule has 0 fully saturated rings. The zero-order chi connectivity index (χ0) is 16.8. The minimum atomic E-state index is -0.835. The molecule has 4 nitrogen and oxygen atoms in total. The Bertz CT molecular complexity index is 668. The Morgan fingerprint density at radius 1 is 1.26 bits per heavy atom. The number of benzene rings is 1. The second-order valence-electron chi connectivity index (χ2n) is 4.81. The first-order valence-electron chi connectivity index (χ1n) is 6.95. The van der Waals surface area contributed by atoms with Gasteiger partial charge in [-0.05, 0) is 56.8 Å². The lowest BCUT2D eigenvalue weighted by Crippen LogP contribution is -2.36. The average Bonchev–Trinajstić information content (AvgIpc) is 2.87. The summed E-state index contributed by atoms with van der Waals surface area (Å²) in [5.74, 6) is -0.809. The number of rotatable bonds is 6. The number of hydrogen-bond donors (Lipinski definition) is 1. The molecule has 1 aromatic heterocycles. The van der Waals surface area contributed by atoms with Crippen LogP contribution in [0.15, 0.2) is 44.7 Å². The molecule has 0 aliphatic rings. The third kappa shape index (κ3) is 5.44. The van der Waals surface area contributed by atoms with Gasteiger partial charge in [0.05, 0.1) is 3.79 Å². The average molecular weight is 461 g/mol. The quantitative estimate of drug-likeness (QED) is 0.658. The summed E-state index contributed by atoms with van der Waals surface area (Å²) < 4.78 is 6.78. The van der Waals surface area contributed by atoms with Gasteiger partial charge >= 0.3 is 5.97 Å². The van der Waals surface area contributed by atoms with Gasteiger partial charge in [0.2, 0.25) is 0 Å². The van der Waals surface area contributed by atoms with Crippen LogP contribution >= 0.6 is 43.2 Å². The molecule has 1 amide bonds. The van der Waals surface area contributed by atoms with Crippen LogP contribution in [0, 0.1) is 0 Å². The first kappa shape index (κ1) is 18.2. The maximum atomic E-state index is 12.0. The van der Waals surface area contributed by atoms with Gasteiger partial charge < -0.3 is 10.1 Å². The highest BCUT2D eigenvalue weighted by molar-refractivity contribution is 9.13. The molecule has 0 radical (unpaired) electrons. The second kappa shape index (κ2) is 8.61. The molecule has 1 heterocycles. The van der Waals surface area contributed by atoms with E-state index in [0.717, 1.165) is 20.2 Å². The molecule has 2 aromatic rings. The van der Waals surface area contributed by atoms with Crippen molar-refractivity contribution in [3.05, 3.63) is 55.1 Å². The SMILES string of the molecule is CC(OC(=O)c1cc(Br)c(Br)s1)C(=O)NCCc1ccccc1. The molecule has 122 valence electrons. The van der Waals surface area contributed by atoms with Crippen LogP contribution in [-0.2, 0) is 16.0 Å². The van der Waals surface area contributed by atoms with Crippen LogP contribution in [0.5, 0.6) is 0 Å². The van der Waals surface area contributed by atoms with Crippen molar-refractivity contribution in [2.75, 3.05) is 6.54 Å². The standard InChI is InChI=1S/C16H15Br2NO3S/c1-10(22-16(21)13-9-12(17)14(18)23-13)15(20)19-8-7-11-5-3-2-4-6-11/h2-6,9-10H,7-8H2,1H3,(H,19,20). The summed E-state index contributed by atoms with van der Waals surface area (Å²) in [6, 6.07) is 11.5. The van der Waals surface area contributed by atoms with Crippen LogP contribution in [-0.4, -0.2) is 24.5 Å². The van der Waals surface area contributed by atoms with Crippen LogP contribution in [0.3, 0.4) is 0 Å². The smallest absolute Gasteiger partial charge is 0.349 e. The zero-order valence-electron chi connectivity index (χ0n) is 12.3. The van der Waals surface area contributed by atoms with E-state index in [9.17, 15) is 9.59 Å². The number of carbonyl (C=O) groups excluding carboxylic acids is 2. The molecule has 0 aliphatic carbocycles. The Balaban J connectivity index is 1.79.